The van der Waals surface area contributed by atoms with Crippen molar-refractivity contribution in [2.45, 2.75) is 13.1 Å². The first-order valence-corrected chi connectivity index (χ1v) is 7.67. The maximum atomic E-state index is 12.6. The number of nitrogens with two attached hydrogens (primary N) is 2. The smallest absolute Gasteiger partial charge is 0.397 e. The number of thiophene rings is 1. The monoisotopic (exact) mass is 351 g/mol. The van der Waals surface area contributed by atoms with Crippen LogP contribution >= 0.6 is 11.3 Å². The van der Waals surface area contributed by atoms with Gasteiger partial charge in [0.25, 0.3) is 5.91 Å². The van der Waals surface area contributed by atoms with Crippen molar-refractivity contribution in [3.63, 3.8) is 0 Å². The summed E-state index contributed by atoms with van der Waals surface area (Å²) in [5.41, 5.74) is 12.6. The quantitative estimate of drug-likeness (QED) is 0.733. The number of halogens is 3. The highest BCUT2D eigenvalue weighted by molar-refractivity contribution is 7.21. The average molecular weight is 351 g/mol. The molecule has 3 aromatic rings. The number of nitrogen functional groups attached to an aromatic ring is 1. The molecule has 3 rings (SSSR count). The van der Waals surface area contributed by atoms with Crippen LogP contribution in [0.2, 0.25) is 0 Å². The van der Waals surface area contributed by atoms with E-state index in [1.807, 2.05) is 0 Å². The van der Waals surface area contributed by atoms with E-state index in [9.17, 15) is 18.0 Å². The molecule has 1 amide bonds. The molecular weight excluding hydrogens is 339 g/mol. The lowest BCUT2D eigenvalue weighted by molar-refractivity contribution is -0.137. The summed E-state index contributed by atoms with van der Waals surface area (Å²) >= 11 is 1.07. The molecule has 2 aromatic heterocycles. The number of carbonyl (C=O) groups excluding carboxylic acids is 1. The number of fused-ring (bicyclic) bond motifs is 1. The third kappa shape index (κ3) is 2.69. The number of hydrogen-bond acceptors (Lipinski definition) is 4. The molecule has 0 aliphatic rings. The minimum Gasteiger partial charge on any atom is -0.397 e. The van der Waals surface area contributed by atoms with Gasteiger partial charge in [0.1, 0.15) is 9.71 Å². The predicted molar refractivity (Wildman–Crippen MR) is 87.7 cm³/mol. The number of benzene rings is 1. The van der Waals surface area contributed by atoms with Crippen LogP contribution in [0, 0.1) is 6.92 Å². The summed E-state index contributed by atoms with van der Waals surface area (Å²) in [4.78, 5) is 16.6. The highest BCUT2D eigenvalue weighted by Gasteiger charge is 2.30. The SMILES string of the molecule is Cc1cc(-c2ccc(C(F)(F)F)cc2)nc2sc(C(N)=O)c(N)c12. The molecule has 0 saturated heterocycles. The summed E-state index contributed by atoms with van der Waals surface area (Å²) in [6.07, 6.45) is -4.38. The Hall–Kier alpha value is -2.61. The number of amides is 1. The number of rotatable bonds is 2. The molecule has 0 fully saturated rings. The zero-order chi connectivity index (χ0) is 17.6. The summed E-state index contributed by atoms with van der Waals surface area (Å²) < 4.78 is 37.9. The lowest BCUT2D eigenvalue weighted by Gasteiger charge is -2.08. The van der Waals surface area contributed by atoms with Gasteiger partial charge in [0, 0.05) is 10.9 Å². The first-order chi connectivity index (χ1) is 11.2. The molecule has 0 saturated carbocycles. The van der Waals surface area contributed by atoms with Gasteiger partial charge in [-0.1, -0.05) is 12.1 Å². The number of nitrogens with zero attached hydrogens (tertiary/aromatic N) is 1. The normalized spacial score (nSPS) is 11.8. The Morgan fingerprint density at radius 2 is 1.83 bits per heavy atom. The van der Waals surface area contributed by atoms with Crippen molar-refractivity contribution >= 4 is 33.1 Å². The van der Waals surface area contributed by atoms with Crippen LogP contribution < -0.4 is 11.5 Å². The van der Waals surface area contributed by atoms with Crippen LogP contribution in [-0.4, -0.2) is 10.9 Å². The van der Waals surface area contributed by atoms with Gasteiger partial charge in [-0.05, 0) is 30.7 Å². The van der Waals surface area contributed by atoms with E-state index in [1.54, 1.807) is 13.0 Å². The van der Waals surface area contributed by atoms with Crippen LogP contribution in [0.15, 0.2) is 30.3 Å². The second-order valence-corrected chi connectivity index (χ2v) is 6.29. The summed E-state index contributed by atoms with van der Waals surface area (Å²) in [5.74, 6) is -0.633. The van der Waals surface area contributed by atoms with Gasteiger partial charge in [-0.15, -0.1) is 11.3 Å². The van der Waals surface area contributed by atoms with Crippen molar-refractivity contribution in [2.24, 2.45) is 5.73 Å². The van der Waals surface area contributed by atoms with E-state index in [0.29, 0.717) is 21.5 Å². The van der Waals surface area contributed by atoms with Gasteiger partial charge in [-0.3, -0.25) is 4.79 Å². The molecule has 0 radical (unpaired) electrons. The van der Waals surface area contributed by atoms with Crippen molar-refractivity contribution in [3.05, 3.63) is 46.3 Å². The Balaban J connectivity index is 2.12. The molecule has 4 nitrogen and oxygen atoms in total. The van der Waals surface area contributed by atoms with Crippen LogP contribution in [0.1, 0.15) is 20.8 Å². The van der Waals surface area contributed by atoms with Crippen molar-refractivity contribution in [2.75, 3.05) is 5.73 Å². The van der Waals surface area contributed by atoms with Gasteiger partial charge in [0.2, 0.25) is 0 Å². The molecule has 0 aliphatic heterocycles. The number of aryl methyl sites for hydroxylation is 1. The maximum absolute atomic E-state index is 12.6. The molecule has 0 bridgehead atoms. The van der Waals surface area contributed by atoms with Crippen LogP contribution in [0.3, 0.4) is 0 Å². The number of pyridine rings is 1. The fourth-order valence-electron chi connectivity index (χ4n) is 2.47. The van der Waals surface area contributed by atoms with Crippen LogP contribution in [0.25, 0.3) is 21.5 Å². The van der Waals surface area contributed by atoms with E-state index in [4.69, 9.17) is 11.5 Å². The van der Waals surface area contributed by atoms with Gasteiger partial charge < -0.3 is 11.5 Å². The van der Waals surface area contributed by atoms with E-state index in [1.165, 1.54) is 12.1 Å². The molecule has 1 aromatic carbocycles. The molecule has 24 heavy (non-hydrogen) atoms. The predicted octanol–water partition coefficient (Wildman–Crippen LogP) is 3.97. The van der Waals surface area contributed by atoms with Gasteiger partial charge in [0.05, 0.1) is 16.9 Å². The van der Waals surface area contributed by atoms with E-state index < -0.39 is 17.6 Å². The number of primary amides is 1. The molecule has 0 aliphatic carbocycles. The fourth-order valence-corrected chi connectivity index (χ4v) is 3.49. The molecule has 124 valence electrons. The second kappa shape index (κ2) is 5.48. The van der Waals surface area contributed by atoms with Crippen LogP contribution in [0.4, 0.5) is 18.9 Å². The summed E-state index contributed by atoms with van der Waals surface area (Å²) in [5, 5.41) is 0.643. The van der Waals surface area contributed by atoms with E-state index in [-0.39, 0.29) is 10.6 Å². The Morgan fingerprint density at radius 3 is 2.38 bits per heavy atom. The molecule has 0 atom stereocenters. The number of hydrogen-bond donors (Lipinski definition) is 2. The van der Waals surface area contributed by atoms with Gasteiger partial charge in [-0.25, -0.2) is 4.98 Å². The fraction of sp³-hybridized carbons (Fsp3) is 0.125. The zero-order valence-corrected chi connectivity index (χ0v) is 13.3. The molecule has 8 heteroatoms. The highest BCUT2D eigenvalue weighted by Crippen LogP contribution is 2.37. The maximum Gasteiger partial charge on any atom is 0.416 e. The van der Waals surface area contributed by atoms with Crippen molar-refractivity contribution in [1.29, 1.82) is 0 Å². The first kappa shape index (κ1) is 16.3. The molecule has 0 unspecified atom stereocenters. The number of anilines is 1. The standard InChI is InChI=1S/C16H12F3N3OS/c1-7-6-10(8-2-4-9(5-3-8)16(17,18)19)22-15-11(7)12(20)13(24-15)14(21)23/h2-6H,20H2,1H3,(H2,21,23). The Morgan fingerprint density at radius 1 is 1.21 bits per heavy atom. The highest BCUT2D eigenvalue weighted by atomic mass is 32.1. The first-order valence-electron chi connectivity index (χ1n) is 6.85. The third-order valence-electron chi connectivity index (χ3n) is 3.63. The molecule has 4 N–H and O–H groups in total. The number of aromatic nitrogens is 1. The molecular formula is C16H12F3N3OS. The number of carbonyl (C=O) groups is 1. The van der Waals surface area contributed by atoms with E-state index in [0.717, 1.165) is 29.0 Å². The van der Waals surface area contributed by atoms with E-state index in [2.05, 4.69) is 4.98 Å². The average Bonchev–Trinajstić information content (AvgIpc) is 2.84. The summed E-state index contributed by atoms with van der Waals surface area (Å²) in [7, 11) is 0. The Bertz CT molecular complexity index is 946. The summed E-state index contributed by atoms with van der Waals surface area (Å²) in [6, 6.07) is 6.46. The third-order valence-corrected chi connectivity index (χ3v) is 4.74. The lowest BCUT2D eigenvalue weighted by Crippen LogP contribution is -2.10. The molecule has 2 heterocycles. The van der Waals surface area contributed by atoms with Crippen LogP contribution in [0.5, 0.6) is 0 Å². The van der Waals surface area contributed by atoms with E-state index >= 15 is 0 Å². The largest absolute Gasteiger partial charge is 0.416 e. The Kier molecular flexibility index (Phi) is 3.71. The summed E-state index contributed by atoms with van der Waals surface area (Å²) in [6.45, 7) is 1.80. The number of alkyl halides is 3. The lowest BCUT2D eigenvalue weighted by atomic mass is 10.1. The van der Waals surface area contributed by atoms with Gasteiger partial charge >= 0.3 is 6.18 Å². The second-order valence-electron chi connectivity index (χ2n) is 5.29. The van der Waals surface area contributed by atoms with Crippen molar-refractivity contribution in [1.82, 2.24) is 4.98 Å². The minimum atomic E-state index is -4.38. The molecule has 0 spiro atoms. The van der Waals surface area contributed by atoms with Crippen LogP contribution in [-0.2, 0) is 6.18 Å². The zero-order valence-electron chi connectivity index (χ0n) is 12.4. The Labute approximate surface area is 138 Å². The van der Waals surface area contributed by atoms with Gasteiger partial charge in [-0.2, -0.15) is 13.2 Å². The van der Waals surface area contributed by atoms with Crippen molar-refractivity contribution in [3.8, 4) is 11.3 Å². The van der Waals surface area contributed by atoms with Gasteiger partial charge in [0.15, 0.2) is 0 Å². The minimum absolute atomic E-state index is 0.227. The van der Waals surface area contributed by atoms with Crippen molar-refractivity contribution < 1.29 is 18.0 Å². The topological polar surface area (TPSA) is 82.0 Å².